The third kappa shape index (κ3) is 4.06. The number of benzene rings is 1. The minimum Gasteiger partial charge on any atom is -0.487 e. The van der Waals surface area contributed by atoms with Crippen LogP contribution in [0.5, 0.6) is 5.75 Å². The van der Waals surface area contributed by atoms with E-state index in [9.17, 15) is 4.79 Å². The Bertz CT molecular complexity index is 1390. The molecular weight excluding hydrogens is 444 g/mol. The summed E-state index contributed by atoms with van der Waals surface area (Å²) in [6.07, 6.45) is 1.61. The summed E-state index contributed by atoms with van der Waals surface area (Å²) >= 11 is 6.29. The molecule has 0 radical (unpaired) electrons. The lowest BCUT2D eigenvalue weighted by Gasteiger charge is -2.23. The summed E-state index contributed by atoms with van der Waals surface area (Å²) in [5, 5.41) is 17.4. The van der Waals surface area contributed by atoms with Crippen LogP contribution in [0.3, 0.4) is 0 Å². The maximum Gasteiger partial charge on any atom is 0.368 e. The Balaban J connectivity index is 1.67. The highest BCUT2D eigenvalue weighted by atomic mass is 35.5. The number of hydrogen-bond donors (Lipinski definition) is 0. The lowest BCUT2D eigenvalue weighted by Crippen LogP contribution is -2.28. The van der Waals surface area contributed by atoms with E-state index in [0.29, 0.717) is 10.8 Å². The smallest absolute Gasteiger partial charge is 0.368 e. The van der Waals surface area contributed by atoms with Crippen LogP contribution in [0.15, 0.2) is 29.2 Å². The predicted octanol–water partition coefficient (Wildman–Crippen LogP) is 3.17. The fraction of sp³-hybridized carbons (Fsp3) is 0.409. The highest BCUT2D eigenvalue weighted by molar-refractivity contribution is 6.30. The van der Waals surface area contributed by atoms with Gasteiger partial charge < -0.3 is 4.74 Å². The SMILES string of the molecule is Cc1cc(-c2nn(C)c(Cl)c2C)ccc1OCc1c(-n2nnn(C)c2=O)cnn1C(C)(C)C. The molecule has 0 aliphatic carbocycles. The average molecular weight is 471 g/mol. The van der Waals surface area contributed by atoms with Crippen molar-refractivity contribution in [2.75, 3.05) is 0 Å². The number of ether oxygens (including phenoxy) is 1. The van der Waals surface area contributed by atoms with Crippen LogP contribution in [-0.2, 0) is 26.2 Å². The van der Waals surface area contributed by atoms with Crippen molar-refractivity contribution in [1.29, 1.82) is 0 Å². The summed E-state index contributed by atoms with van der Waals surface area (Å²) in [6.45, 7) is 10.2. The molecule has 174 valence electrons. The average Bonchev–Trinajstić information content (AvgIpc) is 3.39. The Morgan fingerprint density at radius 3 is 2.36 bits per heavy atom. The minimum atomic E-state index is -0.352. The zero-order valence-corrected chi connectivity index (χ0v) is 20.5. The van der Waals surface area contributed by atoms with Crippen molar-refractivity contribution in [1.82, 2.24) is 39.4 Å². The lowest BCUT2D eigenvalue weighted by molar-refractivity contribution is 0.263. The Kier molecular flexibility index (Phi) is 5.65. The fourth-order valence-electron chi connectivity index (χ4n) is 3.71. The van der Waals surface area contributed by atoms with E-state index in [0.717, 1.165) is 33.8 Å². The molecule has 4 rings (SSSR count). The van der Waals surface area contributed by atoms with Crippen molar-refractivity contribution >= 4 is 11.6 Å². The van der Waals surface area contributed by atoms with E-state index < -0.39 is 0 Å². The number of aryl methyl sites for hydroxylation is 3. The molecule has 3 aromatic heterocycles. The molecule has 0 amide bonds. The van der Waals surface area contributed by atoms with E-state index in [1.54, 1.807) is 17.9 Å². The summed E-state index contributed by atoms with van der Waals surface area (Å²) in [6, 6.07) is 5.90. The van der Waals surface area contributed by atoms with Crippen molar-refractivity contribution in [2.24, 2.45) is 14.1 Å². The molecule has 10 nitrogen and oxygen atoms in total. The maximum atomic E-state index is 12.4. The van der Waals surface area contributed by atoms with Crippen molar-refractivity contribution < 1.29 is 4.74 Å². The number of aromatic nitrogens is 8. The van der Waals surface area contributed by atoms with Gasteiger partial charge in [-0.15, -0.1) is 0 Å². The van der Waals surface area contributed by atoms with Crippen LogP contribution in [0.4, 0.5) is 0 Å². The zero-order valence-electron chi connectivity index (χ0n) is 19.8. The number of nitrogens with zero attached hydrogens (tertiary/aromatic N) is 8. The van der Waals surface area contributed by atoms with Crippen LogP contribution in [0, 0.1) is 13.8 Å². The van der Waals surface area contributed by atoms with Gasteiger partial charge in [0, 0.05) is 25.2 Å². The van der Waals surface area contributed by atoms with E-state index in [1.165, 1.54) is 9.36 Å². The molecule has 33 heavy (non-hydrogen) atoms. The standard InChI is InChI=1S/C22H27ClN8O2/c1-13-10-15(19-14(2)20(23)28(6)25-19)8-9-18(13)33-12-17-16(11-24-31(17)22(3,4)5)30-21(32)29(7)26-27-30/h8-11H,12H2,1-7H3. The van der Waals surface area contributed by atoms with E-state index >= 15 is 0 Å². The van der Waals surface area contributed by atoms with Gasteiger partial charge in [-0.3, -0.25) is 9.36 Å². The van der Waals surface area contributed by atoms with Crippen LogP contribution in [-0.4, -0.2) is 39.4 Å². The predicted molar refractivity (Wildman–Crippen MR) is 125 cm³/mol. The monoisotopic (exact) mass is 470 g/mol. The summed E-state index contributed by atoms with van der Waals surface area (Å²) in [5.74, 6) is 0.720. The molecule has 1 aromatic carbocycles. The Morgan fingerprint density at radius 2 is 1.82 bits per heavy atom. The Labute approximate surface area is 196 Å². The molecule has 4 aromatic rings. The van der Waals surface area contributed by atoms with Gasteiger partial charge in [-0.1, -0.05) is 11.6 Å². The zero-order chi connectivity index (χ0) is 24.1. The fourth-order valence-corrected chi connectivity index (χ4v) is 3.84. The van der Waals surface area contributed by atoms with Gasteiger partial charge >= 0.3 is 5.69 Å². The van der Waals surface area contributed by atoms with E-state index in [-0.39, 0.29) is 17.8 Å². The van der Waals surface area contributed by atoms with Crippen molar-refractivity contribution in [3.8, 4) is 22.7 Å². The van der Waals surface area contributed by atoms with Crippen LogP contribution >= 0.6 is 11.6 Å². The summed E-state index contributed by atoms with van der Waals surface area (Å²) in [7, 11) is 3.37. The summed E-state index contributed by atoms with van der Waals surface area (Å²) in [4.78, 5) is 12.4. The first-order chi connectivity index (χ1) is 15.5. The third-order valence-electron chi connectivity index (χ3n) is 5.44. The van der Waals surface area contributed by atoms with Gasteiger partial charge in [0.15, 0.2) is 0 Å². The molecule has 0 aliphatic rings. The van der Waals surface area contributed by atoms with Crippen LogP contribution in [0.2, 0.25) is 5.15 Å². The van der Waals surface area contributed by atoms with Gasteiger partial charge in [-0.25, -0.2) is 4.79 Å². The Morgan fingerprint density at radius 1 is 1.09 bits per heavy atom. The molecule has 0 saturated carbocycles. The van der Waals surface area contributed by atoms with Crippen LogP contribution in [0.25, 0.3) is 16.9 Å². The number of hydrogen-bond acceptors (Lipinski definition) is 6. The van der Waals surface area contributed by atoms with E-state index in [1.807, 2.05) is 64.5 Å². The van der Waals surface area contributed by atoms with Gasteiger partial charge in [-0.05, 0) is 68.8 Å². The molecular formula is C22H27ClN8O2. The first-order valence-electron chi connectivity index (χ1n) is 10.5. The topological polar surface area (TPSA) is 97.6 Å². The first kappa shape index (κ1) is 22.8. The minimum absolute atomic E-state index is 0.199. The van der Waals surface area contributed by atoms with Gasteiger partial charge in [0.25, 0.3) is 0 Å². The molecule has 3 heterocycles. The van der Waals surface area contributed by atoms with Gasteiger partial charge in [0.05, 0.1) is 17.4 Å². The number of tetrazole rings is 1. The molecule has 0 bridgehead atoms. The second-order valence-electron chi connectivity index (χ2n) is 9.01. The first-order valence-corrected chi connectivity index (χ1v) is 10.9. The molecule has 11 heteroatoms. The number of halogens is 1. The number of rotatable bonds is 5. The van der Waals surface area contributed by atoms with Crippen LogP contribution in [0.1, 0.15) is 37.6 Å². The maximum absolute atomic E-state index is 12.4. The van der Waals surface area contributed by atoms with Gasteiger partial charge in [0.1, 0.15) is 28.9 Å². The molecule has 0 atom stereocenters. The molecule has 0 unspecified atom stereocenters. The third-order valence-corrected chi connectivity index (χ3v) is 5.97. The van der Waals surface area contributed by atoms with Crippen LogP contribution < -0.4 is 10.4 Å². The van der Waals surface area contributed by atoms with Gasteiger partial charge in [-0.2, -0.15) is 19.6 Å². The van der Waals surface area contributed by atoms with Crippen molar-refractivity contribution in [3.05, 3.63) is 56.9 Å². The second kappa shape index (κ2) is 8.18. The largest absolute Gasteiger partial charge is 0.487 e. The summed E-state index contributed by atoms with van der Waals surface area (Å²) < 4.78 is 12.1. The molecule has 0 aliphatic heterocycles. The second-order valence-corrected chi connectivity index (χ2v) is 9.37. The Hall–Kier alpha value is -3.40. The van der Waals surface area contributed by atoms with E-state index in [2.05, 4.69) is 20.6 Å². The highest BCUT2D eigenvalue weighted by Crippen LogP contribution is 2.31. The molecule has 0 spiro atoms. The highest BCUT2D eigenvalue weighted by Gasteiger charge is 2.24. The van der Waals surface area contributed by atoms with E-state index in [4.69, 9.17) is 16.3 Å². The van der Waals surface area contributed by atoms with Crippen molar-refractivity contribution in [2.45, 2.75) is 46.8 Å². The molecule has 0 saturated heterocycles. The summed E-state index contributed by atoms with van der Waals surface area (Å²) in [5.41, 5.74) is 4.27. The molecule has 0 fully saturated rings. The van der Waals surface area contributed by atoms with Gasteiger partial charge in [0.2, 0.25) is 0 Å². The quantitative estimate of drug-likeness (QED) is 0.444. The van der Waals surface area contributed by atoms with Crippen molar-refractivity contribution in [3.63, 3.8) is 0 Å². The lowest BCUT2D eigenvalue weighted by atomic mass is 10.1. The normalized spacial score (nSPS) is 11.9. The molecule has 0 N–H and O–H groups in total.